The molecule has 0 spiro atoms. The molecule has 0 aromatic heterocycles. The molecule has 1 atom stereocenters. The Morgan fingerprint density at radius 1 is 1.20 bits per heavy atom. The quantitative estimate of drug-likeness (QED) is 0.308. The molecule has 0 heterocycles. The molecule has 0 saturated heterocycles. The number of halogens is 1. The van der Waals surface area contributed by atoms with E-state index in [2.05, 4.69) is 12.6 Å². The largest absolute Gasteiger partial charge is 0.493 e. The van der Waals surface area contributed by atoms with Gasteiger partial charge in [-0.25, -0.2) is 4.39 Å². The number of unbranched alkanes of at least 4 members (excludes halogenated alkanes) is 1. The first kappa shape index (κ1) is 23.6. The number of esters is 1. The summed E-state index contributed by atoms with van der Waals surface area (Å²) in [6.07, 6.45) is 3.54. The Morgan fingerprint density at radius 3 is 2.60 bits per heavy atom. The third-order valence-electron chi connectivity index (χ3n) is 4.92. The van der Waals surface area contributed by atoms with Crippen LogP contribution in [0.2, 0.25) is 0 Å². The van der Waals surface area contributed by atoms with E-state index < -0.39 is 17.8 Å². The molecule has 2 aromatic carbocycles. The average molecular weight is 414 g/mol. The number of carbonyl (C=O) groups excluding carboxylic acids is 1. The summed E-state index contributed by atoms with van der Waals surface area (Å²) < 4.78 is 25.9. The molecule has 0 aliphatic rings. The first-order valence-electron chi connectivity index (χ1n) is 10.3. The Balaban J connectivity index is 2.47. The van der Waals surface area contributed by atoms with Crippen molar-refractivity contribution in [2.24, 2.45) is 5.73 Å². The van der Waals surface area contributed by atoms with Crippen molar-refractivity contribution in [2.45, 2.75) is 53.0 Å². The zero-order valence-electron chi connectivity index (χ0n) is 18.4. The summed E-state index contributed by atoms with van der Waals surface area (Å²) in [6.45, 7) is 12.0. The van der Waals surface area contributed by atoms with Gasteiger partial charge in [0.05, 0.1) is 19.6 Å². The third-order valence-corrected chi connectivity index (χ3v) is 4.92. The van der Waals surface area contributed by atoms with Crippen LogP contribution in [0, 0.1) is 26.6 Å². The lowest BCUT2D eigenvalue weighted by Crippen LogP contribution is -2.19. The van der Waals surface area contributed by atoms with Crippen LogP contribution < -0.4 is 10.5 Å². The van der Waals surface area contributed by atoms with Gasteiger partial charge < -0.3 is 15.2 Å². The van der Waals surface area contributed by atoms with Gasteiger partial charge in [0, 0.05) is 17.2 Å². The molecule has 2 rings (SSSR count). The highest BCUT2D eigenvalue weighted by atomic mass is 19.1. The molecule has 0 radical (unpaired) electrons. The molecule has 30 heavy (non-hydrogen) atoms. The topological polar surface area (TPSA) is 61.5 Å². The molecular weight excluding hydrogens is 381 g/mol. The van der Waals surface area contributed by atoms with Crippen molar-refractivity contribution in [1.29, 1.82) is 0 Å². The van der Waals surface area contributed by atoms with Crippen molar-refractivity contribution in [3.8, 4) is 16.9 Å². The van der Waals surface area contributed by atoms with Crippen molar-refractivity contribution in [1.82, 2.24) is 0 Å². The number of benzene rings is 2. The second-order valence-corrected chi connectivity index (χ2v) is 7.55. The van der Waals surface area contributed by atoms with Gasteiger partial charge in [0.15, 0.2) is 0 Å². The lowest BCUT2D eigenvalue weighted by molar-refractivity contribution is -0.143. The Morgan fingerprint density at radius 2 is 1.93 bits per heavy atom. The van der Waals surface area contributed by atoms with Crippen molar-refractivity contribution in [2.75, 3.05) is 13.2 Å². The molecule has 0 saturated carbocycles. The smallest absolute Gasteiger partial charge is 0.307 e. The van der Waals surface area contributed by atoms with Crippen LogP contribution in [0.15, 0.2) is 36.9 Å². The number of aryl methyl sites for hydroxylation is 3. The number of hydrogen-bond acceptors (Lipinski definition) is 4. The van der Waals surface area contributed by atoms with Crippen molar-refractivity contribution >= 4 is 5.97 Å². The van der Waals surface area contributed by atoms with Gasteiger partial charge in [-0.05, 0) is 81.0 Å². The normalized spacial score (nSPS) is 11.8. The van der Waals surface area contributed by atoms with Gasteiger partial charge in [0.25, 0.3) is 0 Å². The summed E-state index contributed by atoms with van der Waals surface area (Å²) in [6, 6.07) is 6.80. The lowest BCUT2D eigenvalue weighted by atomic mass is 9.92. The van der Waals surface area contributed by atoms with E-state index in [1.165, 1.54) is 0 Å². The molecule has 0 aliphatic carbocycles. The van der Waals surface area contributed by atoms with Gasteiger partial charge in [-0.1, -0.05) is 12.1 Å². The molecule has 0 bridgehead atoms. The Bertz CT molecular complexity index is 908. The minimum absolute atomic E-state index is 0.0779. The lowest BCUT2D eigenvalue weighted by Gasteiger charge is -2.19. The molecule has 2 N–H and O–H groups in total. The zero-order valence-corrected chi connectivity index (χ0v) is 18.4. The van der Waals surface area contributed by atoms with Crippen LogP contribution in [-0.2, 0) is 9.53 Å². The fourth-order valence-corrected chi connectivity index (χ4v) is 3.54. The molecule has 162 valence electrons. The molecule has 0 fully saturated rings. The first-order valence-corrected chi connectivity index (χ1v) is 10.3. The molecule has 2 aromatic rings. The number of hydrogen-bond donors (Lipinski definition) is 1. The van der Waals surface area contributed by atoms with Crippen molar-refractivity contribution in [3.05, 3.63) is 65.0 Å². The maximum absolute atomic E-state index is 14.9. The first-order chi connectivity index (χ1) is 14.3. The molecule has 5 heteroatoms. The van der Waals surface area contributed by atoms with Crippen molar-refractivity contribution in [3.63, 3.8) is 0 Å². The monoisotopic (exact) mass is 413 g/mol. The Hall–Kier alpha value is -2.66. The van der Waals surface area contributed by atoms with Crippen LogP contribution in [0.4, 0.5) is 4.39 Å². The maximum Gasteiger partial charge on any atom is 0.307 e. The Labute approximate surface area is 178 Å². The van der Waals surface area contributed by atoms with Crippen LogP contribution >= 0.6 is 0 Å². The summed E-state index contributed by atoms with van der Waals surface area (Å²) >= 11 is 0. The minimum Gasteiger partial charge on any atom is -0.493 e. The van der Waals surface area contributed by atoms with E-state index in [-0.39, 0.29) is 13.0 Å². The predicted molar refractivity (Wildman–Crippen MR) is 119 cm³/mol. The molecule has 4 nitrogen and oxygen atoms in total. The van der Waals surface area contributed by atoms with Gasteiger partial charge in [-0.15, -0.1) is 6.58 Å². The highest BCUT2D eigenvalue weighted by Crippen LogP contribution is 2.37. The number of allylic oxidation sites excluding steroid dienone is 1. The highest BCUT2D eigenvalue weighted by molar-refractivity contribution is 5.76. The van der Waals surface area contributed by atoms with E-state index in [1.54, 1.807) is 26.0 Å². The zero-order chi connectivity index (χ0) is 22.3. The van der Waals surface area contributed by atoms with Crippen LogP contribution in [0.1, 0.15) is 54.5 Å². The highest BCUT2D eigenvalue weighted by Gasteiger charge is 2.21. The minimum atomic E-state index is -0.787. The fraction of sp³-hybridized carbons (Fsp3) is 0.400. The standard InChI is InChI=1S/C25H32FNO3/c1-6-8-9-10-30-22-12-16(3)11-17(4)24(22)19-13-18(5)25(26)20(14-19)21(27)15-23(28)29-7-2/h6,11-14,21H,1,7-10,15,27H2,2-5H3/t21-/m0/s1. The molecular formula is C25H32FNO3. The second kappa shape index (κ2) is 10.9. The number of ether oxygens (including phenoxy) is 2. The van der Waals surface area contributed by atoms with E-state index in [0.29, 0.717) is 17.7 Å². The number of rotatable bonds is 10. The van der Waals surface area contributed by atoms with Crippen LogP contribution in [0.25, 0.3) is 11.1 Å². The number of carbonyl (C=O) groups is 1. The molecule has 0 amide bonds. The summed E-state index contributed by atoms with van der Waals surface area (Å²) in [4.78, 5) is 11.8. The maximum atomic E-state index is 14.9. The van der Waals surface area contributed by atoms with Gasteiger partial charge in [-0.2, -0.15) is 0 Å². The second-order valence-electron chi connectivity index (χ2n) is 7.55. The third kappa shape index (κ3) is 5.92. The van der Waals surface area contributed by atoms with E-state index >= 15 is 0 Å². The van der Waals surface area contributed by atoms with E-state index in [1.807, 2.05) is 26.0 Å². The van der Waals surface area contributed by atoms with Gasteiger partial charge in [0.2, 0.25) is 0 Å². The van der Waals surface area contributed by atoms with Gasteiger partial charge in [-0.3, -0.25) is 4.79 Å². The van der Waals surface area contributed by atoms with Crippen LogP contribution in [-0.4, -0.2) is 19.2 Å². The number of nitrogens with two attached hydrogens (primary N) is 1. The van der Waals surface area contributed by atoms with Gasteiger partial charge in [0.1, 0.15) is 11.6 Å². The van der Waals surface area contributed by atoms with Crippen molar-refractivity contribution < 1.29 is 18.7 Å². The van der Waals surface area contributed by atoms with Gasteiger partial charge >= 0.3 is 5.97 Å². The summed E-state index contributed by atoms with van der Waals surface area (Å²) in [5, 5.41) is 0. The summed E-state index contributed by atoms with van der Waals surface area (Å²) in [7, 11) is 0. The van der Waals surface area contributed by atoms with E-state index in [9.17, 15) is 9.18 Å². The fourth-order valence-electron chi connectivity index (χ4n) is 3.54. The molecule has 0 aliphatic heterocycles. The van der Waals surface area contributed by atoms with Crippen LogP contribution in [0.3, 0.4) is 0 Å². The SMILES string of the molecule is C=CCCCOc1cc(C)cc(C)c1-c1cc(C)c(F)c([C@@H](N)CC(=O)OCC)c1. The van der Waals surface area contributed by atoms with E-state index in [4.69, 9.17) is 15.2 Å². The predicted octanol–water partition coefficient (Wildman–Crippen LogP) is 5.72. The Kier molecular flexibility index (Phi) is 8.60. The summed E-state index contributed by atoms with van der Waals surface area (Å²) in [5.74, 6) is -0.0773. The average Bonchev–Trinajstić information content (AvgIpc) is 2.67. The van der Waals surface area contributed by atoms with Crippen LogP contribution in [0.5, 0.6) is 5.75 Å². The summed E-state index contributed by atoms with van der Waals surface area (Å²) in [5.41, 5.74) is 10.8. The molecule has 0 unspecified atom stereocenters. The van der Waals surface area contributed by atoms with E-state index in [0.717, 1.165) is 40.8 Å².